The summed E-state index contributed by atoms with van der Waals surface area (Å²) in [5, 5.41) is 3.38. The second-order valence-electron chi connectivity index (χ2n) is 6.34. The number of hydrogen-bond donors (Lipinski definition) is 1. The number of halogens is 2. The minimum Gasteiger partial charge on any atom is -0.482 e. The first-order valence-electron chi connectivity index (χ1n) is 8.65. The molecular weight excluding hydrogens is 413 g/mol. The molecule has 0 aliphatic heterocycles. The first-order chi connectivity index (χ1) is 14.0. The standard InChI is InChI=1S/C22H13Cl2NO4/c23-12-8-9-16(24)18(10-12)29-11-19(26)25-17-7-3-6-15-20(17)22(28)14-5-2-1-4-13(14)21(15)27/h1-10H,11H2,(H,25,26). The third kappa shape index (κ3) is 3.62. The van der Waals surface area contributed by atoms with Crippen molar-refractivity contribution in [3.05, 3.63) is 93.0 Å². The molecule has 4 rings (SSSR count). The van der Waals surface area contributed by atoms with Gasteiger partial charge in [0.25, 0.3) is 5.91 Å². The van der Waals surface area contributed by atoms with Crippen LogP contribution in [0.1, 0.15) is 31.8 Å². The van der Waals surface area contributed by atoms with E-state index < -0.39 is 5.91 Å². The first kappa shape index (κ1) is 19.2. The van der Waals surface area contributed by atoms with Crippen LogP contribution >= 0.6 is 23.2 Å². The maximum atomic E-state index is 13.0. The smallest absolute Gasteiger partial charge is 0.262 e. The molecular formula is C22H13Cl2NO4. The van der Waals surface area contributed by atoms with E-state index in [1.165, 1.54) is 6.07 Å². The maximum Gasteiger partial charge on any atom is 0.262 e. The molecule has 1 N–H and O–H groups in total. The van der Waals surface area contributed by atoms with Gasteiger partial charge in [-0.1, -0.05) is 59.6 Å². The van der Waals surface area contributed by atoms with Crippen molar-refractivity contribution >= 4 is 46.4 Å². The number of amides is 1. The van der Waals surface area contributed by atoms with E-state index >= 15 is 0 Å². The van der Waals surface area contributed by atoms with Crippen LogP contribution in [-0.4, -0.2) is 24.1 Å². The Hall–Kier alpha value is -3.15. The third-order valence-electron chi connectivity index (χ3n) is 4.48. The van der Waals surface area contributed by atoms with Gasteiger partial charge in [-0.25, -0.2) is 0 Å². The number of nitrogens with one attached hydrogen (secondary N) is 1. The number of hydrogen-bond acceptors (Lipinski definition) is 4. The van der Waals surface area contributed by atoms with Gasteiger partial charge in [0.15, 0.2) is 18.2 Å². The summed E-state index contributed by atoms with van der Waals surface area (Å²) in [5.41, 5.74) is 1.35. The molecule has 7 heteroatoms. The quantitative estimate of drug-likeness (QED) is 0.510. The highest BCUT2D eigenvalue weighted by Gasteiger charge is 2.31. The minimum atomic E-state index is -0.506. The molecule has 0 saturated heterocycles. The van der Waals surface area contributed by atoms with Gasteiger partial charge in [0, 0.05) is 27.8 Å². The Balaban J connectivity index is 1.58. The molecule has 0 fully saturated rings. The lowest BCUT2D eigenvalue weighted by molar-refractivity contribution is -0.118. The number of ketones is 2. The third-order valence-corrected chi connectivity index (χ3v) is 5.03. The van der Waals surface area contributed by atoms with Crippen molar-refractivity contribution < 1.29 is 19.1 Å². The zero-order chi connectivity index (χ0) is 20.5. The molecule has 0 heterocycles. The van der Waals surface area contributed by atoms with Crippen LogP contribution in [0.2, 0.25) is 10.0 Å². The van der Waals surface area contributed by atoms with E-state index in [0.29, 0.717) is 21.2 Å². The van der Waals surface area contributed by atoms with Crippen LogP contribution in [0, 0.1) is 0 Å². The molecule has 1 aliphatic rings. The molecule has 144 valence electrons. The molecule has 0 bridgehead atoms. The Morgan fingerprint density at radius 1 is 0.862 bits per heavy atom. The molecule has 29 heavy (non-hydrogen) atoms. The molecule has 3 aromatic carbocycles. The summed E-state index contributed by atoms with van der Waals surface area (Å²) in [7, 11) is 0. The average Bonchev–Trinajstić information content (AvgIpc) is 2.72. The number of rotatable bonds is 4. The van der Waals surface area contributed by atoms with Crippen molar-refractivity contribution in [2.24, 2.45) is 0 Å². The van der Waals surface area contributed by atoms with Crippen molar-refractivity contribution in [3.8, 4) is 5.75 Å². The fourth-order valence-electron chi connectivity index (χ4n) is 3.17. The summed E-state index contributed by atoms with van der Waals surface area (Å²) in [5.74, 6) is -0.809. The second-order valence-corrected chi connectivity index (χ2v) is 7.19. The van der Waals surface area contributed by atoms with E-state index in [0.717, 1.165) is 0 Å². The van der Waals surface area contributed by atoms with Gasteiger partial charge in [-0.15, -0.1) is 0 Å². The number of carbonyl (C=O) groups is 3. The van der Waals surface area contributed by atoms with Crippen LogP contribution in [-0.2, 0) is 4.79 Å². The molecule has 5 nitrogen and oxygen atoms in total. The lowest BCUT2D eigenvalue weighted by Crippen LogP contribution is -2.26. The van der Waals surface area contributed by atoms with Gasteiger partial charge in [-0.2, -0.15) is 0 Å². The van der Waals surface area contributed by atoms with E-state index in [-0.39, 0.29) is 40.7 Å². The van der Waals surface area contributed by atoms with Gasteiger partial charge < -0.3 is 10.1 Å². The van der Waals surface area contributed by atoms with Crippen molar-refractivity contribution in [1.29, 1.82) is 0 Å². The number of benzene rings is 3. The minimum absolute atomic E-state index is 0.172. The highest BCUT2D eigenvalue weighted by molar-refractivity contribution is 6.34. The Kier molecular flexibility index (Phi) is 5.09. The van der Waals surface area contributed by atoms with Crippen LogP contribution in [0.25, 0.3) is 0 Å². The molecule has 1 aliphatic carbocycles. The van der Waals surface area contributed by atoms with Gasteiger partial charge >= 0.3 is 0 Å². The first-order valence-corrected chi connectivity index (χ1v) is 9.40. The Labute approximate surface area is 176 Å². The normalized spacial score (nSPS) is 12.2. The molecule has 1 amide bonds. The van der Waals surface area contributed by atoms with E-state index in [4.69, 9.17) is 27.9 Å². The van der Waals surface area contributed by atoms with Gasteiger partial charge in [0.1, 0.15) is 5.75 Å². The summed E-state index contributed by atoms with van der Waals surface area (Å²) < 4.78 is 5.42. The Bertz CT molecular complexity index is 1170. The summed E-state index contributed by atoms with van der Waals surface area (Å²) in [6, 6.07) is 16.0. The average molecular weight is 426 g/mol. The van der Waals surface area contributed by atoms with Gasteiger partial charge in [-0.3, -0.25) is 14.4 Å². The van der Waals surface area contributed by atoms with E-state index in [1.807, 2.05) is 0 Å². The molecule has 3 aromatic rings. The topological polar surface area (TPSA) is 72.5 Å². The predicted octanol–water partition coefficient (Wildman–Crippen LogP) is 4.79. The largest absolute Gasteiger partial charge is 0.482 e. The van der Waals surface area contributed by atoms with E-state index in [1.54, 1.807) is 54.6 Å². The van der Waals surface area contributed by atoms with Gasteiger partial charge in [-0.05, 0) is 18.2 Å². The van der Waals surface area contributed by atoms with Gasteiger partial charge in [0.05, 0.1) is 16.3 Å². The molecule has 0 spiro atoms. The summed E-state index contributed by atoms with van der Waals surface area (Å²) in [6.07, 6.45) is 0. The van der Waals surface area contributed by atoms with Crippen molar-refractivity contribution in [2.45, 2.75) is 0 Å². The molecule has 0 aromatic heterocycles. The predicted molar refractivity (Wildman–Crippen MR) is 110 cm³/mol. The van der Waals surface area contributed by atoms with E-state index in [2.05, 4.69) is 5.32 Å². The molecule has 0 unspecified atom stereocenters. The molecule has 0 radical (unpaired) electrons. The van der Waals surface area contributed by atoms with Crippen LogP contribution in [0.3, 0.4) is 0 Å². The molecule has 0 saturated carbocycles. The van der Waals surface area contributed by atoms with Crippen LogP contribution in [0.5, 0.6) is 5.75 Å². The number of carbonyl (C=O) groups excluding carboxylic acids is 3. The fourth-order valence-corrected chi connectivity index (χ4v) is 3.50. The highest BCUT2D eigenvalue weighted by Crippen LogP contribution is 2.32. The lowest BCUT2D eigenvalue weighted by atomic mass is 9.83. The summed E-state index contributed by atoms with van der Waals surface area (Å²) in [4.78, 5) is 38.1. The van der Waals surface area contributed by atoms with Crippen LogP contribution in [0.4, 0.5) is 5.69 Å². The molecule has 0 atom stereocenters. The number of fused-ring (bicyclic) bond motifs is 2. The number of ether oxygens (including phenoxy) is 1. The van der Waals surface area contributed by atoms with Crippen molar-refractivity contribution in [2.75, 3.05) is 11.9 Å². The number of anilines is 1. The fraction of sp³-hybridized carbons (Fsp3) is 0.0455. The summed E-state index contributed by atoms with van der Waals surface area (Å²) in [6.45, 7) is -0.345. The maximum absolute atomic E-state index is 13.0. The van der Waals surface area contributed by atoms with Crippen LogP contribution in [0.15, 0.2) is 60.7 Å². The zero-order valence-corrected chi connectivity index (χ0v) is 16.4. The summed E-state index contributed by atoms with van der Waals surface area (Å²) >= 11 is 11.9. The van der Waals surface area contributed by atoms with Gasteiger partial charge in [0.2, 0.25) is 0 Å². The van der Waals surface area contributed by atoms with Crippen molar-refractivity contribution in [3.63, 3.8) is 0 Å². The second kappa shape index (κ2) is 7.70. The Morgan fingerprint density at radius 3 is 2.31 bits per heavy atom. The Morgan fingerprint density at radius 2 is 1.55 bits per heavy atom. The van der Waals surface area contributed by atoms with Crippen molar-refractivity contribution in [1.82, 2.24) is 0 Å². The zero-order valence-electron chi connectivity index (χ0n) is 14.9. The van der Waals surface area contributed by atoms with Crippen LogP contribution < -0.4 is 10.1 Å². The lowest BCUT2D eigenvalue weighted by Gasteiger charge is -2.20. The highest BCUT2D eigenvalue weighted by atomic mass is 35.5. The monoisotopic (exact) mass is 425 g/mol. The SMILES string of the molecule is O=C(COc1cc(Cl)ccc1Cl)Nc1cccc2c1C(=O)c1ccccc1C2=O. The van der Waals surface area contributed by atoms with E-state index in [9.17, 15) is 14.4 Å².